The van der Waals surface area contributed by atoms with Gasteiger partial charge in [-0.05, 0) is 24.5 Å². The van der Waals surface area contributed by atoms with E-state index in [0.29, 0.717) is 11.6 Å². The van der Waals surface area contributed by atoms with Crippen molar-refractivity contribution in [3.63, 3.8) is 0 Å². The van der Waals surface area contributed by atoms with Gasteiger partial charge in [0.15, 0.2) is 0 Å². The summed E-state index contributed by atoms with van der Waals surface area (Å²) in [7, 11) is -0.953. The van der Waals surface area contributed by atoms with Crippen molar-refractivity contribution in [1.82, 2.24) is 0 Å². The van der Waals surface area contributed by atoms with Crippen LogP contribution in [0.15, 0.2) is 29.2 Å². The maximum atomic E-state index is 12.2. The Bertz CT molecular complexity index is 365. The molecule has 1 aromatic carbocycles. The molecule has 1 rings (SSSR count). The third-order valence-corrected chi connectivity index (χ3v) is 4.73. The van der Waals surface area contributed by atoms with Crippen molar-refractivity contribution in [2.45, 2.75) is 44.4 Å². The fourth-order valence-electron chi connectivity index (χ4n) is 1.89. The second kappa shape index (κ2) is 7.49. The van der Waals surface area contributed by atoms with Gasteiger partial charge in [0.05, 0.1) is 15.7 Å². The maximum Gasteiger partial charge on any atom is 0.0617 e. The van der Waals surface area contributed by atoms with Crippen molar-refractivity contribution in [2.24, 2.45) is 5.92 Å². The predicted octanol–water partition coefficient (Wildman–Crippen LogP) is 3.59. The molecule has 0 fully saturated rings. The van der Waals surface area contributed by atoms with E-state index < -0.39 is 10.8 Å². The molecule has 0 aliphatic heterocycles. The van der Waals surface area contributed by atoms with Gasteiger partial charge in [0.25, 0.3) is 0 Å². The number of nitrogens with two attached hydrogens (primary N) is 1. The summed E-state index contributed by atoms with van der Waals surface area (Å²) in [6.45, 7) is 4.37. The highest BCUT2D eigenvalue weighted by molar-refractivity contribution is 7.85. The summed E-state index contributed by atoms with van der Waals surface area (Å²) in [6.07, 6.45) is 4.69. The van der Waals surface area contributed by atoms with Gasteiger partial charge in [0, 0.05) is 11.4 Å². The molecule has 2 N–H and O–H groups in total. The van der Waals surface area contributed by atoms with Crippen LogP contribution in [0, 0.1) is 5.92 Å². The molecule has 0 amide bonds. The van der Waals surface area contributed by atoms with Crippen LogP contribution in [0.5, 0.6) is 0 Å². The lowest BCUT2D eigenvalue weighted by molar-refractivity contribution is 0.494. The minimum Gasteiger partial charge on any atom is -0.398 e. The third-order valence-electron chi connectivity index (χ3n) is 3.09. The molecular weight excluding hydrogens is 230 g/mol. The molecule has 0 aliphatic carbocycles. The first-order valence-corrected chi connectivity index (χ1v) is 7.73. The van der Waals surface area contributed by atoms with Gasteiger partial charge < -0.3 is 5.73 Å². The van der Waals surface area contributed by atoms with Gasteiger partial charge in [-0.3, -0.25) is 4.21 Å². The van der Waals surface area contributed by atoms with E-state index in [1.807, 2.05) is 24.3 Å². The molecule has 0 bridgehead atoms. The van der Waals surface area contributed by atoms with Crippen molar-refractivity contribution in [3.05, 3.63) is 24.3 Å². The number of hydrogen-bond donors (Lipinski definition) is 1. The number of benzene rings is 1. The summed E-state index contributed by atoms with van der Waals surface area (Å²) < 4.78 is 12.2. The normalized spacial score (nSPS) is 14.5. The van der Waals surface area contributed by atoms with Crippen molar-refractivity contribution in [3.8, 4) is 0 Å². The van der Waals surface area contributed by atoms with E-state index in [4.69, 9.17) is 5.73 Å². The Balaban J connectivity index is 2.61. The first-order chi connectivity index (χ1) is 8.19. The Morgan fingerprint density at radius 2 is 2.00 bits per heavy atom. The minimum absolute atomic E-state index is 0.551. The van der Waals surface area contributed by atoms with E-state index in [9.17, 15) is 4.21 Å². The van der Waals surface area contributed by atoms with Crippen LogP contribution in [0.3, 0.4) is 0 Å². The Hall–Kier alpha value is -0.830. The lowest BCUT2D eigenvalue weighted by Crippen LogP contribution is -2.12. The lowest BCUT2D eigenvalue weighted by atomic mass is 10.0. The van der Waals surface area contributed by atoms with Gasteiger partial charge in [0.2, 0.25) is 0 Å². The monoisotopic (exact) mass is 253 g/mol. The smallest absolute Gasteiger partial charge is 0.0617 e. The molecule has 2 nitrogen and oxygen atoms in total. The van der Waals surface area contributed by atoms with Crippen molar-refractivity contribution in [1.29, 1.82) is 0 Å². The van der Waals surface area contributed by atoms with Crippen LogP contribution in [0.1, 0.15) is 39.5 Å². The number of hydrogen-bond acceptors (Lipinski definition) is 2. The van der Waals surface area contributed by atoms with Crippen LogP contribution in [0.4, 0.5) is 5.69 Å². The topological polar surface area (TPSA) is 43.1 Å². The Labute approximate surface area is 107 Å². The minimum atomic E-state index is -0.953. The number of unbranched alkanes of at least 4 members (excludes halogenated alkanes) is 1. The molecule has 17 heavy (non-hydrogen) atoms. The van der Waals surface area contributed by atoms with E-state index in [0.717, 1.165) is 17.1 Å². The van der Waals surface area contributed by atoms with Crippen LogP contribution in [0.2, 0.25) is 0 Å². The zero-order chi connectivity index (χ0) is 12.7. The molecule has 0 radical (unpaired) electrons. The Morgan fingerprint density at radius 3 is 2.59 bits per heavy atom. The van der Waals surface area contributed by atoms with Gasteiger partial charge in [-0.25, -0.2) is 0 Å². The van der Waals surface area contributed by atoms with E-state index in [-0.39, 0.29) is 0 Å². The van der Waals surface area contributed by atoms with Crippen LogP contribution in [-0.2, 0) is 10.8 Å². The maximum absolute atomic E-state index is 12.2. The second-order valence-corrected chi connectivity index (χ2v) is 5.93. The average molecular weight is 253 g/mol. The number of nitrogen functional groups attached to an aromatic ring is 1. The number of para-hydroxylation sites is 1. The van der Waals surface area contributed by atoms with Gasteiger partial charge in [-0.15, -0.1) is 0 Å². The molecule has 3 heteroatoms. The molecule has 0 aliphatic rings. The lowest BCUT2D eigenvalue weighted by Gasteiger charge is -2.14. The highest BCUT2D eigenvalue weighted by atomic mass is 32.2. The van der Waals surface area contributed by atoms with E-state index >= 15 is 0 Å². The highest BCUT2D eigenvalue weighted by Crippen LogP contribution is 2.21. The summed E-state index contributed by atoms with van der Waals surface area (Å²) in [5.41, 5.74) is 6.49. The van der Waals surface area contributed by atoms with E-state index in [1.54, 1.807) is 0 Å². The molecule has 0 saturated heterocycles. The van der Waals surface area contributed by atoms with Crippen LogP contribution < -0.4 is 5.73 Å². The molecule has 0 saturated carbocycles. The summed E-state index contributed by atoms with van der Waals surface area (Å²) in [6, 6.07) is 7.47. The standard InChI is InChI=1S/C14H23NOS/c1-3-5-8-12(4-2)11-17(16)14-10-7-6-9-13(14)15/h6-7,9-10,12H,3-5,8,11,15H2,1-2H3. The quantitative estimate of drug-likeness (QED) is 0.755. The second-order valence-electron chi connectivity index (χ2n) is 4.47. The zero-order valence-electron chi connectivity index (χ0n) is 10.8. The third kappa shape index (κ3) is 4.50. The molecule has 0 spiro atoms. The van der Waals surface area contributed by atoms with Crippen molar-refractivity contribution >= 4 is 16.5 Å². The number of rotatable bonds is 7. The molecule has 0 heterocycles. The fourth-order valence-corrected chi connectivity index (χ4v) is 3.46. The summed E-state index contributed by atoms with van der Waals surface area (Å²) >= 11 is 0. The molecule has 1 aromatic rings. The molecule has 2 atom stereocenters. The SMILES string of the molecule is CCCCC(CC)CS(=O)c1ccccc1N. The van der Waals surface area contributed by atoms with Gasteiger partial charge in [0.1, 0.15) is 0 Å². The summed E-state index contributed by atoms with van der Waals surface area (Å²) in [5, 5.41) is 0. The number of anilines is 1. The van der Waals surface area contributed by atoms with Gasteiger partial charge in [-0.2, -0.15) is 0 Å². The molecule has 2 unspecified atom stereocenters. The highest BCUT2D eigenvalue weighted by Gasteiger charge is 2.13. The zero-order valence-corrected chi connectivity index (χ0v) is 11.6. The first kappa shape index (κ1) is 14.2. The van der Waals surface area contributed by atoms with Gasteiger partial charge in [-0.1, -0.05) is 45.2 Å². The summed E-state index contributed by atoms with van der Waals surface area (Å²) in [4.78, 5) is 0.794. The largest absolute Gasteiger partial charge is 0.398 e. The van der Waals surface area contributed by atoms with Crippen LogP contribution in [0.25, 0.3) is 0 Å². The van der Waals surface area contributed by atoms with Crippen LogP contribution in [-0.4, -0.2) is 9.96 Å². The molecular formula is C14H23NOS. The van der Waals surface area contributed by atoms with Crippen molar-refractivity contribution < 1.29 is 4.21 Å². The molecule has 0 aromatic heterocycles. The van der Waals surface area contributed by atoms with Crippen molar-refractivity contribution in [2.75, 3.05) is 11.5 Å². The average Bonchev–Trinajstić information content (AvgIpc) is 2.34. The Kier molecular flexibility index (Phi) is 6.27. The van der Waals surface area contributed by atoms with Crippen LogP contribution >= 0.6 is 0 Å². The first-order valence-electron chi connectivity index (χ1n) is 6.41. The molecule has 96 valence electrons. The van der Waals surface area contributed by atoms with E-state index in [2.05, 4.69) is 13.8 Å². The summed E-state index contributed by atoms with van der Waals surface area (Å²) in [5.74, 6) is 1.29. The predicted molar refractivity (Wildman–Crippen MR) is 75.4 cm³/mol. The van der Waals surface area contributed by atoms with Gasteiger partial charge >= 0.3 is 0 Å². The fraction of sp³-hybridized carbons (Fsp3) is 0.571. The van der Waals surface area contributed by atoms with E-state index in [1.165, 1.54) is 19.3 Å². The Morgan fingerprint density at radius 1 is 1.29 bits per heavy atom.